The number of ether oxygens (including phenoxy) is 1. The Kier molecular flexibility index (Phi) is 7.25. The second-order valence-corrected chi connectivity index (χ2v) is 10.5. The van der Waals surface area contributed by atoms with Gasteiger partial charge in [-0.3, -0.25) is 9.69 Å². The highest BCUT2D eigenvalue weighted by Gasteiger charge is 2.35. The maximum atomic E-state index is 13.1. The van der Waals surface area contributed by atoms with Crippen LogP contribution in [0.15, 0.2) is 24.4 Å². The number of nitrogens with one attached hydrogen (secondary N) is 1. The van der Waals surface area contributed by atoms with Gasteiger partial charge in [0.2, 0.25) is 11.9 Å². The SMILES string of the molecule is C[C@@H]1CCC[C@H](C)N1C(=O)CN1Cc2ccc(-c3nc(NC4CCOCC4)ncc3Cl)cc2C1O. The smallest absolute Gasteiger partial charge is 0.237 e. The van der Waals surface area contributed by atoms with E-state index in [4.69, 9.17) is 16.3 Å². The molecule has 0 spiro atoms. The molecular formula is C26H34ClN5O3. The molecule has 9 heteroatoms. The molecule has 0 saturated carbocycles. The molecule has 1 aromatic heterocycles. The minimum Gasteiger partial charge on any atom is -0.381 e. The Labute approximate surface area is 211 Å². The molecule has 3 atom stereocenters. The van der Waals surface area contributed by atoms with Crippen LogP contribution in [0, 0.1) is 0 Å². The number of rotatable bonds is 5. The van der Waals surface area contributed by atoms with Crippen LogP contribution in [0.25, 0.3) is 11.3 Å². The third-order valence-corrected chi connectivity index (χ3v) is 7.81. The van der Waals surface area contributed by atoms with Crippen molar-refractivity contribution in [2.45, 2.75) is 76.8 Å². The molecule has 4 heterocycles. The van der Waals surface area contributed by atoms with Gasteiger partial charge in [0.25, 0.3) is 0 Å². The average Bonchev–Trinajstić information content (AvgIpc) is 3.15. The van der Waals surface area contributed by atoms with Gasteiger partial charge in [0.1, 0.15) is 6.23 Å². The summed E-state index contributed by atoms with van der Waals surface area (Å²) in [7, 11) is 0. The zero-order valence-corrected chi connectivity index (χ0v) is 21.2. The summed E-state index contributed by atoms with van der Waals surface area (Å²) in [5, 5.41) is 14.9. The molecule has 35 heavy (non-hydrogen) atoms. The van der Waals surface area contributed by atoms with Gasteiger partial charge in [-0.15, -0.1) is 0 Å². The number of carbonyl (C=O) groups is 1. The van der Waals surface area contributed by atoms with Crippen LogP contribution in [0.3, 0.4) is 0 Å². The van der Waals surface area contributed by atoms with Crippen LogP contribution in [0.2, 0.25) is 5.02 Å². The van der Waals surface area contributed by atoms with Gasteiger partial charge in [-0.2, -0.15) is 0 Å². The van der Waals surface area contributed by atoms with Gasteiger partial charge in [-0.05, 0) is 57.6 Å². The van der Waals surface area contributed by atoms with Gasteiger partial charge in [-0.1, -0.05) is 23.7 Å². The van der Waals surface area contributed by atoms with Crippen molar-refractivity contribution < 1.29 is 14.6 Å². The Morgan fingerprint density at radius 2 is 1.94 bits per heavy atom. The topological polar surface area (TPSA) is 90.8 Å². The first-order valence-corrected chi connectivity index (χ1v) is 13.0. The van der Waals surface area contributed by atoms with E-state index in [0.29, 0.717) is 23.2 Å². The number of fused-ring (bicyclic) bond motifs is 1. The quantitative estimate of drug-likeness (QED) is 0.642. The van der Waals surface area contributed by atoms with E-state index in [1.54, 1.807) is 6.20 Å². The van der Waals surface area contributed by atoms with Crippen molar-refractivity contribution in [2.75, 3.05) is 25.1 Å². The van der Waals surface area contributed by atoms with Gasteiger partial charge in [0, 0.05) is 49.0 Å². The molecule has 2 N–H and O–H groups in total. The van der Waals surface area contributed by atoms with Crippen molar-refractivity contribution in [3.05, 3.63) is 40.5 Å². The maximum Gasteiger partial charge on any atom is 0.237 e. The van der Waals surface area contributed by atoms with E-state index in [-0.39, 0.29) is 30.6 Å². The molecular weight excluding hydrogens is 466 g/mol. The van der Waals surface area contributed by atoms with Gasteiger partial charge in [-0.25, -0.2) is 9.97 Å². The molecule has 1 unspecified atom stereocenters. The number of aliphatic hydroxyl groups is 1. The molecule has 0 aliphatic carbocycles. The highest BCUT2D eigenvalue weighted by Crippen LogP contribution is 2.36. The number of piperidine rings is 1. The number of halogens is 1. The van der Waals surface area contributed by atoms with Gasteiger partial charge in [0.15, 0.2) is 0 Å². The van der Waals surface area contributed by atoms with E-state index in [0.717, 1.165) is 62.0 Å². The number of hydrogen-bond acceptors (Lipinski definition) is 7. The summed E-state index contributed by atoms with van der Waals surface area (Å²) in [4.78, 5) is 26.0. The number of likely N-dealkylation sites (tertiary alicyclic amines) is 1. The number of carbonyl (C=O) groups excluding carboxylic acids is 1. The van der Waals surface area contributed by atoms with Crippen LogP contribution in [0.5, 0.6) is 0 Å². The summed E-state index contributed by atoms with van der Waals surface area (Å²) in [6, 6.07) is 6.65. The number of aliphatic hydroxyl groups excluding tert-OH is 1. The lowest BCUT2D eigenvalue weighted by molar-refractivity contribution is -0.141. The van der Waals surface area contributed by atoms with Crippen LogP contribution in [-0.4, -0.2) is 68.7 Å². The summed E-state index contributed by atoms with van der Waals surface area (Å²) in [5.41, 5.74) is 3.25. The maximum absolute atomic E-state index is 13.1. The minimum absolute atomic E-state index is 0.0828. The van der Waals surface area contributed by atoms with Crippen LogP contribution in [0.1, 0.15) is 63.3 Å². The molecule has 0 bridgehead atoms. The molecule has 2 aromatic rings. The van der Waals surface area contributed by atoms with Crippen LogP contribution < -0.4 is 5.32 Å². The Bertz CT molecular complexity index is 1070. The monoisotopic (exact) mass is 499 g/mol. The molecule has 2 saturated heterocycles. The summed E-state index contributed by atoms with van der Waals surface area (Å²) in [6.45, 7) is 6.43. The molecule has 0 radical (unpaired) electrons. The zero-order chi connectivity index (χ0) is 24.5. The zero-order valence-electron chi connectivity index (χ0n) is 20.4. The molecule has 5 rings (SSSR count). The summed E-state index contributed by atoms with van der Waals surface area (Å²) in [5.74, 6) is 0.619. The largest absolute Gasteiger partial charge is 0.381 e. The molecule has 2 fully saturated rings. The fraction of sp³-hybridized carbons (Fsp3) is 0.577. The second kappa shape index (κ2) is 10.4. The van der Waals surface area contributed by atoms with E-state index in [2.05, 4.69) is 29.1 Å². The number of benzene rings is 1. The standard InChI is InChI=1S/C26H34ClN5O3/c1-16-4-3-5-17(2)32(16)23(33)15-31-14-19-7-6-18(12-21(19)25(31)34)24-22(27)13-28-26(30-24)29-20-8-10-35-11-9-20/h6-7,12-13,16-17,20,25,34H,3-5,8-11,14-15H2,1-2H3,(H,28,29,30)/t16-,17+,25?. The van der Waals surface area contributed by atoms with Crippen molar-refractivity contribution in [2.24, 2.45) is 0 Å². The number of aromatic nitrogens is 2. The van der Waals surface area contributed by atoms with E-state index in [1.165, 1.54) is 0 Å². The lowest BCUT2D eigenvalue weighted by atomic mass is 9.97. The Morgan fingerprint density at radius 1 is 1.20 bits per heavy atom. The first kappa shape index (κ1) is 24.4. The predicted molar refractivity (Wildman–Crippen MR) is 135 cm³/mol. The average molecular weight is 500 g/mol. The van der Waals surface area contributed by atoms with Crippen molar-refractivity contribution in [1.29, 1.82) is 0 Å². The number of hydrogen-bond donors (Lipinski definition) is 2. The van der Waals surface area contributed by atoms with Crippen LogP contribution in [0.4, 0.5) is 5.95 Å². The van der Waals surface area contributed by atoms with Gasteiger partial charge < -0.3 is 20.1 Å². The number of amides is 1. The molecule has 188 valence electrons. The third-order valence-electron chi connectivity index (χ3n) is 7.54. The van der Waals surface area contributed by atoms with E-state index >= 15 is 0 Å². The van der Waals surface area contributed by atoms with Gasteiger partial charge >= 0.3 is 0 Å². The van der Waals surface area contributed by atoms with Crippen molar-refractivity contribution in [1.82, 2.24) is 19.8 Å². The predicted octanol–water partition coefficient (Wildman–Crippen LogP) is 3.98. The van der Waals surface area contributed by atoms with E-state index in [1.807, 2.05) is 28.0 Å². The van der Waals surface area contributed by atoms with Crippen LogP contribution in [-0.2, 0) is 16.1 Å². The Balaban J connectivity index is 1.32. The molecule has 3 aliphatic rings. The normalized spacial score (nSPS) is 25.5. The second-order valence-electron chi connectivity index (χ2n) is 10.0. The number of anilines is 1. The fourth-order valence-corrected chi connectivity index (χ4v) is 5.80. The first-order chi connectivity index (χ1) is 16.9. The van der Waals surface area contributed by atoms with Crippen molar-refractivity contribution >= 4 is 23.5 Å². The molecule has 3 aliphatic heterocycles. The van der Waals surface area contributed by atoms with Crippen molar-refractivity contribution in [3.63, 3.8) is 0 Å². The van der Waals surface area contributed by atoms with E-state index in [9.17, 15) is 9.90 Å². The fourth-order valence-electron chi connectivity index (χ4n) is 5.60. The highest BCUT2D eigenvalue weighted by molar-refractivity contribution is 6.32. The minimum atomic E-state index is -0.843. The van der Waals surface area contributed by atoms with Crippen LogP contribution >= 0.6 is 11.6 Å². The summed E-state index contributed by atoms with van der Waals surface area (Å²) < 4.78 is 5.43. The Morgan fingerprint density at radius 3 is 2.69 bits per heavy atom. The lowest BCUT2D eigenvalue weighted by Crippen LogP contribution is -2.50. The summed E-state index contributed by atoms with van der Waals surface area (Å²) in [6.07, 6.45) is 5.82. The number of nitrogens with zero attached hydrogens (tertiary/aromatic N) is 4. The van der Waals surface area contributed by atoms with Gasteiger partial charge in [0.05, 0.1) is 23.5 Å². The third kappa shape index (κ3) is 5.16. The first-order valence-electron chi connectivity index (χ1n) is 12.6. The molecule has 1 aromatic carbocycles. The van der Waals surface area contributed by atoms with E-state index < -0.39 is 6.23 Å². The highest BCUT2D eigenvalue weighted by atomic mass is 35.5. The Hall–Kier alpha value is -2.26. The van der Waals surface area contributed by atoms with Crippen molar-refractivity contribution in [3.8, 4) is 11.3 Å². The molecule has 8 nitrogen and oxygen atoms in total. The molecule has 1 amide bonds. The summed E-state index contributed by atoms with van der Waals surface area (Å²) >= 11 is 6.48. The lowest BCUT2D eigenvalue weighted by Gasteiger charge is -2.40.